The first kappa shape index (κ1) is 30.0. The highest BCUT2D eigenvalue weighted by molar-refractivity contribution is 7.12. The number of ether oxygens (including phenoxy) is 1. The van der Waals surface area contributed by atoms with Gasteiger partial charge in [0.1, 0.15) is 16.7 Å². The zero-order valence-electron chi connectivity index (χ0n) is 25.3. The van der Waals surface area contributed by atoms with Gasteiger partial charge in [0.25, 0.3) is 5.91 Å². The third kappa shape index (κ3) is 6.40. The molecule has 228 valence electrons. The molecule has 0 aliphatic carbocycles. The van der Waals surface area contributed by atoms with Crippen molar-refractivity contribution < 1.29 is 14.3 Å². The van der Waals surface area contributed by atoms with Crippen molar-refractivity contribution in [3.8, 4) is 17.0 Å². The van der Waals surface area contributed by atoms with Crippen molar-refractivity contribution >= 4 is 28.8 Å². The number of thiazole rings is 1. The van der Waals surface area contributed by atoms with E-state index in [2.05, 4.69) is 16.3 Å². The lowest BCUT2D eigenvalue weighted by atomic mass is 9.98. The van der Waals surface area contributed by atoms with E-state index in [-0.39, 0.29) is 5.91 Å². The third-order valence-electron chi connectivity index (χ3n) is 8.50. The molecule has 1 saturated heterocycles. The number of nitrogens with zero attached hydrogens (tertiary/aromatic N) is 3. The standard InChI is InChI=1S/C35H39N5O3S/c1-23-7-3-4-10-29(23)35(42)40-17-13-25-21-27(11-12-30(25)40)32-24(2)44-34(38-32)31(33(36)41)26-8-5-9-28(22-26)43-20-6-16-39-18-14-37-15-19-39/h3-5,7-12,21-22,31,37H,6,13-20H2,1-2H3,(H2,36,41). The minimum Gasteiger partial charge on any atom is -0.494 e. The van der Waals surface area contributed by atoms with Crippen molar-refractivity contribution in [3.05, 3.63) is 98.9 Å². The SMILES string of the molecule is Cc1ccccc1C(=O)N1CCc2cc(-c3nc(C(C(N)=O)c4cccc(OCCCN5CCNCC5)c4)sc3C)ccc21. The Morgan fingerprint density at radius 3 is 2.64 bits per heavy atom. The molecule has 0 bridgehead atoms. The van der Waals surface area contributed by atoms with E-state index < -0.39 is 11.8 Å². The summed E-state index contributed by atoms with van der Waals surface area (Å²) in [5, 5.41) is 4.04. The lowest BCUT2D eigenvalue weighted by molar-refractivity contribution is -0.118. The smallest absolute Gasteiger partial charge is 0.258 e. The Morgan fingerprint density at radius 2 is 1.84 bits per heavy atom. The number of anilines is 1. The zero-order chi connectivity index (χ0) is 30.6. The molecule has 0 radical (unpaired) electrons. The van der Waals surface area contributed by atoms with Gasteiger partial charge >= 0.3 is 0 Å². The Morgan fingerprint density at radius 1 is 1.02 bits per heavy atom. The van der Waals surface area contributed by atoms with Gasteiger partial charge in [-0.2, -0.15) is 0 Å². The summed E-state index contributed by atoms with van der Waals surface area (Å²) < 4.78 is 6.07. The molecule has 8 nitrogen and oxygen atoms in total. The first-order valence-corrected chi connectivity index (χ1v) is 16.1. The van der Waals surface area contributed by atoms with Crippen LogP contribution in [0.5, 0.6) is 5.75 Å². The van der Waals surface area contributed by atoms with Crippen LogP contribution in [-0.4, -0.2) is 67.6 Å². The number of carbonyl (C=O) groups is 2. The van der Waals surface area contributed by atoms with Crippen LogP contribution >= 0.6 is 11.3 Å². The Kier molecular flexibility index (Phi) is 9.07. The Bertz CT molecular complexity index is 1660. The van der Waals surface area contributed by atoms with Crippen LogP contribution in [0.3, 0.4) is 0 Å². The molecule has 4 aromatic rings. The van der Waals surface area contributed by atoms with Gasteiger partial charge in [-0.15, -0.1) is 11.3 Å². The second-order valence-electron chi connectivity index (χ2n) is 11.5. The van der Waals surface area contributed by atoms with Crippen LogP contribution in [-0.2, 0) is 11.2 Å². The van der Waals surface area contributed by atoms with Crippen LogP contribution in [0.1, 0.15) is 49.3 Å². The highest BCUT2D eigenvalue weighted by Crippen LogP contribution is 2.38. The molecule has 1 unspecified atom stereocenters. The fourth-order valence-corrected chi connectivity index (χ4v) is 7.23. The molecule has 44 heavy (non-hydrogen) atoms. The van der Waals surface area contributed by atoms with Crippen molar-refractivity contribution in [3.63, 3.8) is 0 Å². The molecule has 2 aliphatic rings. The quantitative estimate of drug-likeness (QED) is 0.248. The summed E-state index contributed by atoms with van der Waals surface area (Å²) in [6, 6.07) is 21.5. The van der Waals surface area contributed by atoms with Gasteiger partial charge in [0, 0.05) is 61.0 Å². The lowest BCUT2D eigenvalue weighted by Crippen LogP contribution is -2.43. The lowest BCUT2D eigenvalue weighted by Gasteiger charge is -2.27. The number of fused-ring (bicyclic) bond motifs is 1. The maximum atomic E-state index is 13.3. The molecule has 1 fully saturated rings. The molecule has 2 amide bonds. The van der Waals surface area contributed by atoms with E-state index in [0.29, 0.717) is 18.2 Å². The normalized spacial score (nSPS) is 15.6. The summed E-state index contributed by atoms with van der Waals surface area (Å²) >= 11 is 1.49. The number of aromatic nitrogens is 1. The van der Waals surface area contributed by atoms with Gasteiger partial charge < -0.3 is 25.6 Å². The van der Waals surface area contributed by atoms with Crippen LogP contribution < -0.4 is 20.7 Å². The maximum Gasteiger partial charge on any atom is 0.258 e. The van der Waals surface area contributed by atoms with Crippen LogP contribution in [0, 0.1) is 13.8 Å². The molecule has 2 aliphatic heterocycles. The number of hydrogen-bond donors (Lipinski definition) is 2. The van der Waals surface area contributed by atoms with Gasteiger partial charge in [0.05, 0.1) is 12.3 Å². The number of hydrogen-bond acceptors (Lipinski definition) is 7. The van der Waals surface area contributed by atoms with Gasteiger partial charge in [-0.25, -0.2) is 4.98 Å². The summed E-state index contributed by atoms with van der Waals surface area (Å²) in [5.74, 6) is -0.364. The van der Waals surface area contributed by atoms with Crippen LogP contribution in [0.2, 0.25) is 0 Å². The number of primary amides is 1. The number of rotatable bonds is 10. The number of nitrogens with one attached hydrogen (secondary N) is 1. The van der Waals surface area contributed by atoms with E-state index in [9.17, 15) is 9.59 Å². The Hall–Kier alpha value is -4.05. The fourth-order valence-electron chi connectivity index (χ4n) is 6.15. The molecule has 6 rings (SSSR count). The Labute approximate surface area is 262 Å². The van der Waals surface area contributed by atoms with E-state index >= 15 is 0 Å². The van der Waals surface area contributed by atoms with Crippen molar-refractivity contribution in [2.24, 2.45) is 5.73 Å². The van der Waals surface area contributed by atoms with Gasteiger partial charge in [-0.1, -0.05) is 36.4 Å². The summed E-state index contributed by atoms with van der Waals surface area (Å²) in [6.07, 6.45) is 1.72. The number of benzene rings is 3. The third-order valence-corrected chi connectivity index (χ3v) is 9.54. The van der Waals surface area contributed by atoms with E-state index in [0.717, 1.165) is 95.4 Å². The predicted molar refractivity (Wildman–Crippen MR) is 176 cm³/mol. The summed E-state index contributed by atoms with van der Waals surface area (Å²) in [4.78, 5) is 36.4. The number of aryl methyl sites for hydroxylation is 2. The average molecular weight is 610 g/mol. The summed E-state index contributed by atoms with van der Waals surface area (Å²) in [6.45, 7) is 10.5. The molecular formula is C35H39N5O3S. The number of amides is 2. The van der Waals surface area contributed by atoms with Crippen molar-refractivity contribution in [2.45, 2.75) is 32.6 Å². The largest absolute Gasteiger partial charge is 0.494 e. The van der Waals surface area contributed by atoms with E-state index in [1.54, 1.807) is 0 Å². The van der Waals surface area contributed by atoms with Gasteiger partial charge in [-0.3, -0.25) is 9.59 Å². The minimum absolute atomic E-state index is 0.0248. The van der Waals surface area contributed by atoms with Crippen molar-refractivity contribution in [1.29, 1.82) is 0 Å². The molecule has 9 heteroatoms. The molecule has 3 heterocycles. The van der Waals surface area contributed by atoms with Crippen LogP contribution in [0.25, 0.3) is 11.3 Å². The van der Waals surface area contributed by atoms with Crippen molar-refractivity contribution in [1.82, 2.24) is 15.2 Å². The van der Waals surface area contributed by atoms with Crippen molar-refractivity contribution in [2.75, 3.05) is 50.8 Å². The first-order valence-electron chi connectivity index (χ1n) is 15.3. The van der Waals surface area contributed by atoms with E-state index in [4.69, 9.17) is 15.5 Å². The second-order valence-corrected chi connectivity index (χ2v) is 12.8. The topological polar surface area (TPSA) is 101 Å². The molecular weight excluding hydrogens is 570 g/mol. The summed E-state index contributed by atoms with van der Waals surface area (Å²) in [7, 11) is 0. The number of carbonyl (C=O) groups excluding carboxylic acids is 2. The summed E-state index contributed by atoms with van der Waals surface area (Å²) in [5.41, 5.74) is 12.3. The van der Waals surface area contributed by atoms with Gasteiger partial charge in [0.2, 0.25) is 5.91 Å². The number of piperazine rings is 1. The Balaban J connectivity index is 1.18. The number of nitrogens with two attached hydrogens (primary N) is 1. The highest BCUT2D eigenvalue weighted by atomic mass is 32.1. The molecule has 0 saturated carbocycles. The molecule has 3 aromatic carbocycles. The maximum absolute atomic E-state index is 13.3. The molecule has 0 spiro atoms. The van der Waals surface area contributed by atoms with Crippen LogP contribution in [0.4, 0.5) is 5.69 Å². The highest BCUT2D eigenvalue weighted by Gasteiger charge is 2.29. The predicted octanol–water partition coefficient (Wildman–Crippen LogP) is 4.92. The molecule has 3 N–H and O–H groups in total. The molecule has 1 aromatic heterocycles. The minimum atomic E-state index is -0.673. The average Bonchev–Trinajstić information content (AvgIpc) is 3.63. The van der Waals surface area contributed by atoms with Gasteiger partial charge in [-0.05, 0) is 73.7 Å². The monoisotopic (exact) mass is 609 g/mol. The van der Waals surface area contributed by atoms with Crippen LogP contribution in [0.15, 0.2) is 66.7 Å². The zero-order valence-corrected chi connectivity index (χ0v) is 26.2. The first-order chi connectivity index (χ1) is 21.4. The second kappa shape index (κ2) is 13.3. The van der Waals surface area contributed by atoms with E-state index in [1.807, 2.05) is 79.4 Å². The molecule has 1 atom stereocenters. The fraction of sp³-hybridized carbons (Fsp3) is 0.343. The van der Waals surface area contributed by atoms with E-state index in [1.165, 1.54) is 11.3 Å². The van der Waals surface area contributed by atoms with Gasteiger partial charge in [0.15, 0.2) is 0 Å².